The second-order valence-electron chi connectivity index (χ2n) is 3.38. The van der Waals surface area contributed by atoms with Crippen LogP contribution >= 0.6 is 0 Å². The molecular formula is C9H21N3O2. The third-order valence-electron chi connectivity index (χ3n) is 2.20. The summed E-state index contributed by atoms with van der Waals surface area (Å²) in [6.45, 7) is 6.43. The van der Waals surface area contributed by atoms with Crippen molar-refractivity contribution in [3.05, 3.63) is 0 Å². The van der Waals surface area contributed by atoms with Crippen LogP contribution in [-0.2, 0) is 4.79 Å². The molecule has 1 amide bonds. The van der Waals surface area contributed by atoms with Gasteiger partial charge in [-0.3, -0.25) is 10.2 Å². The monoisotopic (exact) mass is 203 g/mol. The number of amides is 1. The lowest BCUT2D eigenvalue weighted by Crippen LogP contribution is -2.40. The Morgan fingerprint density at radius 2 is 2.29 bits per heavy atom. The summed E-state index contributed by atoms with van der Waals surface area (Å²) in [5, 5.41) is 8.67. The highest BCUT2D eigenvalue weighted by atomic mass is 16.3. The predicted molar refractivity (Wildman–Crippen MR) is 55.3 cm³/mol. The van der Waals surface area contributed by atoms with Crippen LogP contribution in [0.1, 0.15) is 20.3 Å². The van der Waals surface area contributed by atoms with Crippen LogP contribution in [0.5, 0.6) is 0 Å². The van der Waals surface area contributed by atoms with Gasteiger partial charge in [-0.2, -0.15) is 0 Å². The van der Waals surface area contributed by atoms with Gasteiger partial charge in [0.2, 0.25) is 5.91 Å². The molecule has 0 aliphatic carbocycles. The van der Waals surface area contributed by atoms with Gasteiger partial charge in [0.15, 0.2) is 0 Å². The number of aliphatic hydroxyl groups excluding tert-OH is 1. The van der Waals surface area contributed by atoms with Gasteiger partial charge in [0.25, 0.3) is 0 Å². The minimum Gasteiger partial charge on any atom is -0.396 e. The number of hydrogen-bond donors (Lipinski definition) is 3. The summed E-state index contributed by atoms with van der Waals surface area (Å²) in [4.78, 5) is 13.2. The second kappa shape index (κ2) is 7.73. The topological polar surface area (TPSA) is 78.6 Å². The fraction of sp³-hybridized carbons (Fsp3) is 0.889. The Kier molecular flexibility index (Phi) is 7.37. The van der Waals surface area contributed by atoms with Gasteiger partial charge < -0.3 is 10.0 Å². The molecule has 0 aromatic rings. The zero-order valence-electron chi connectivity index (χ0n) is 8.99. The Labute approximate surface area is 85.2 Å². The van der Waals surface area contributed by atoms with Gasteiger partial charge in [-0.1, -0.05) is 13.8 Å². The fourth-order valence-electron chi connectivity index (χ4n) is 1.29. The molecule has 0 spiro atoms. The molecule has 5 nitrogen and oxygen atoms in total. The second-order valence-corrected chi connectivity index (χ2v) is 3.38. The van der Waals surface area contributed by atoms with E-state index in [4.69, 9.17) is 10.9 Å². The van der Waals surface area contributed by atoms with Crippen molar-refractivity contribution in [2.75, 3.05) is 26.2 Å². The average Bonchev–Trinajstić information content (AvgIpc) is 2.22. The van der Waals surface area contributed by atoms with Crippen LogP contribution in [0.15, 0.2) is 0 Å². The van der Waals surface area contributed by atoms with Crippen LogP contribution in [0, 0.1) is 5.92 Å². The molecule has 1 atom stereocenters. The third kappa shape index (κ3) is 5.16. The largest absolute Gasteiger partial charge is 0.396 e. The van der Waals surface area contributed by atoms with Gasteiger partial charge >= 0.3 is 0 Å². The first-order valence-corrected chi connectivity index (χ1v) is 4.99. The molecule has 0 fully saturated rings. The van der Waals surface area contributed by atoms with E-state index in [1.165, 1.54) is 0 Å². The number of carbonyl (C=O) groups is 1. The number of hydrogen-bond acceptors (Lipinski definition) is 4. The molecule has 0 bridgehead atoms. The van der Waals surface area contributed by atoms with Gasteiger partial charge in [0.1, 0.15) is 0 Å². The van der Waals surface area contributed by atoms with Gasteiger partial charge in [-0.05, 0) is 13.0 Å². The molecule has 0 heterocycles. The first-order chi connectivity index (χ1) is 6.65. The van der Waals surface area contributed by atoms with E-state index in [0.29, 0.717) is 6.54 Å². The molecule has 5 heteroatoms. The highest BCUT2D eigenvalue weighted by molar-refractivity contribution is 5.77. The van der Waals surface area contributed by atoms with Crippen molar-refractivity contribution in [1.29, 1.82) is 0 Å². The highest BCUT2D eigenvalue weighted by Crippen LogP contribution is 2.00. The van der Waals surface area contributed by atoms with Gasteiger partial charge in [0.05, 0.1) is 0 Å². The zero-order chi connectivity index (χ0) is 11.0. The molecule has 1 unspecified atom stereocenters. The molecule has 0 aromatic carbocycles. The van der Waals surface area contributed by atoms with E-state index >= 15 is 0 Å². The lowest BCUT2D eigenvalue weighted by atomic mass is 10.1. The number of hydrazine groups is 1. The number of aliphatic hydroxyl groups is 1. The number of rotatable bonds is 7. The summed E-state index contributed by atoms with van der Waals surface area (Å²) in [7, 11) is 0. The normalized spacial score (nSPS) is 12.9. The third-order valence-corrected chi connectivity index (χ3v) is 2.20. The molecule has 14 heavy (non-hydrogen) atoms. The van der Waals surface area contributed by atoms with E-state index < -0.39 is 0 Å². The molecule has 0 aliphatic rings. The van der Waals surface area contributed by atoms with Crippen LogP contribution < -0.4 is 11.3 Å². The number of carbonyl (C=O) groups excluding carboxylic acids is 1. The lowest BCUT2D eigenvalue weighted by Gasteiger charge is -2.22. The van der Waals surface area contributed by atoms with Gasteiger partial charge in [-0.15, -0.1) is 0 Å². The predicted octanol–water partition coefficient (Wildman–Crippen LogP) is -0.683. The van der Waals surface area contributed by atoms with Crippen molar-refractivity contribution >= 4 is 5.91 Å². The summed E-state index contributed by atoms with van der Waals surface area (Å²) in [5.74, 6) is 4.77. The summed E-state index contributed by atoms with van der Waals surface area (Å²) in [6.07, 6.45) is 0.741. The minimum atomic E-state index is -0.146. The SMILES string of the molecule is CCN(CCCO)CC(C)C(=O)NN. The Balaban J connectivity index is 3.85. The van der Waals surface area contributed by atoms with Crippen molar-refractivity contribution in [3.8, 4) is 0 Å². The van der Waals surface area contributed by atoms with Crippen molar-refractivity contribution < 1.29 is 9.90 Å². The molecule has 0 aliphatic heterocycles. The summed E-state index contributed by atoms with van der Waals surface area (Å²) < 4.78 is 0. The van der Waals surface area contributed by atoms with Crippen LogP contribution in [0.2, 0.25) is 0 Å². The zero-order valence-corrected chi connectivity index (χ0v) is 8.99. The summed E-state index contributed by atoms with van der Waals surface area (Å²) in [6, 6.07) is 0. The van der Waals surface area contributed by atoms with Gasteiger partial charge in [0, 0.05) is 25.6 Å². The molecule has 4 N–H and O–H groups in total. The summed E-state index contributed by atoms with van der Waals surface area (Å²) in [5.41, 5.74) is 2.14. The maximum atomic E-state index is 11.1. The van der Waals surface area contributed by atoms with Crippen LogP contribution in [0.4, 0.5) is 0 Å². The maximum absolute atomic E-state index is 11.1. The number of nitrogens with two attached hydrogens (primary N) is 1. The maximum Gasteiger partial charge on any atom is 0.237 e. The van der Waals surface area contributed by atoms with Crippen molar-refractivity contribution in [3.63, 3.8) is 0 Å². The number of nitrogens with one attached hydrogen (secondary N) is 1. The smallest absolute Gasteiger partial charge is 0.237 e. The van der Waals surface area contributed by atoms with E-state index in [9.17, 15) is 4.79 Å². The quantitative estimate of drug-likeness (QED) is 0.291. The highest BCUT2D eigenvalue weighted by Gasteiger charge is 2.14. The van der Waals surface area contributed by atoms with Crippen LogP contribution in [0.25, 0.3) is 0 Å². The lowest BCUT2D eigenvalue weighted by molar-refractivity contribution is -0.125. The Morgan fingerprint density at radius 3 is 2.71 bits per heavy atom. The fourth-order valence-corrected chi connectivity index (χ4v) is 1.29. The molecule has 0 aromatic heterocycles. The molecule has 0 rings (SSSR count). The van der Waals surface area contributed by atoms with E-state index in [0.717, 1.165) is 19.5 Å². The first kappa shape index (κ1) is 13.4. The van der Waals surface area contributed by atoms with E-state index in [-0.39, 0.29) is 18.4 Å². The molecule has 0 radical (unpaired) electrons. The first-order valence-electron chi connectivity index (χ1n) is 4.99. The van der Waals surface area contributed by atoms with Crippen molar-refractivity contribution in [1.82, 2.24) is 10.3 Å². The Bertz CT molecular complexity index is 164. The standard InChI is InChI=1S/C9H21N3O2/c1-3-12(5-4-6-13)7-8(2)9(14)11-10/h8,13H,3-7,10H2,1-2H3,(H,11,14). The van der Waals surface area contributed by atoms with E-state index in [1.54, 1.807) is 0 Å². The molecule has 0 saturated heterocycles. The van der Waals surface area contributed by atoms with E-state index in [2.05, 4.69) is 10.3 Å². The average molecular weight is 203 g/mol. The number of nitrogens with zero attached hydrogens (tertiary/aromatic N) is 1. The Morgan fingerprint density at radius 1 is 1.64 bits per heavy atom. The molecular weight excluding hydrogens is 182 g/mol. The van der Waals surface area contributed by atoms with Crippen LogP contribution in [-0.4, -0.2) is 42.2 Å². The Hall–Kier alpha value is -0.650. The van der Waals surface area contributed by atoms with Crippen molar-refractivity contribution in [2.24, 2.45) is 11.8 Å². The van der Waals surface area contributed by atoms with Crippen LogP contribution in [0.3, 0.4) is 0 Å². The molecule has 84 valence electrons. The molecule has 0 saturated carbocycles. The van der Waals surface area contributed by atoms with E-state index in [1.807, 2.05) is 13.8 Å². The minimum absolute atomic E-state index is 0.112. The summed E-state index contributed by atoms with van der Waals surface area (Å²) >= 11 is 0. The van der Waals surface area contributed by atoms with Crippen molar-refractivity contribution in [2.45, 2.75) is 20.3 Å². The van der Waals surface area contributed by atoms with Gasteiger partial charge in [-0.25, -0.2) is 5.84 Å².